The Morgan fingerprint density at radius 3 is 2.79 bits per heavy atom. The van der Waals surface area contributed by atoms with Gasteiger partial charge in [0.15, 0.2) is 6.10 Å². The summed E-state index contributed by atoms with van der Waals surface area (Å²) in [4.78, 5) is 13.7. The van der Waals surface area contributed by atoms with E-state index in [0.717, 1.165) is 46.8 Å². The Bertz CT molecular complexity index is 866. The summed E-state index contributed by atoms with van der Waals surface area (Å²) in [6.07, 6.45) is 1.14. The summed E-state index contributed by atoms with van der Waals surface area (Å²) in [5, 5.41) is 0. The van der Waals surface area contributed by atoms with Crippen LogP contribution in [0.5, 0.6) is 5.75 Å². The summed E-state index contributed by atoms with van der Waals surface area (Å²) in [5.74, 6) is 0.532. The van der Waals surface area contributed by atoms with Gasteiger partial charge in [0, 0.05) is 16.0 Å². The van der Waals surface area contributed by atoms with Gasteiger partial charge in [-0.05, 0) is 70.7 Å². The molecular weight excluding hydrogens is 396 g/mol. The molecule has 0 fully saturated rings. The minimum Gasteiger partial charge on any atom is -0.493 e. The molecule has 3 rings (SSSR count). The third-order valence-electron chi connectivity index (χ3n) is 4.52. The maximum atomic E-state index is 12.8. The van der Waals surface area contributed by atoms with Gasteiger partial charge < -0.3 is 14.2 Å². The van der Waals surface area contributed by atoms with E-state index in [1.807, 2.05) is 39.8 Å². The molecule has 1 aromatic heterocycles. The topological polar surface area (TPSA) is 44.8 Å². The lowest BCUT2D eigenvalue weighted by atomic mass is 9.95. The number of halogens is 1. The second-order valence-electron chi connectivity index (χ2n) is 7.86. The molecule has 1 aliphatic heterocycles. The van der Waals surface area contributed by atoms with Crippen LogP contribution in [0.4, 0.5) is 0 Å². The van der Waals surface area contributed by atoms with E-state index in [9.17, 15) is 4.79 Å². The number of hydrogen-bond acceptors (Lipinski definition) is 5. The number of esters is 1. The Balaban J connectivity index is 2.12. The van der Waals surface area contributed by atoms with Gasteiger partial charge in [-0.2, -0.15) is 0 Å². The third kappa shape index (κ3) is 4.53. The van der Waals surface area contributed by atoms with Crippen LogP contribution in [0.25, 0.3) is 11.1 Å². The second-order valence-corrected chi connectivity index (χ2v) is 9.68. The van der Waals surface area contributed by atoms with E-state index in [0.29, 0.717) is 10.9 Å². The van der Waals surface area contributed by atoms with Crippen LogP contribution in [-0.4, -0.2) is 24.8 Å². The molecule has 2 aromatic rings. The van der Waals surface area contributed by atoms with Crippen LogP contribution in [0.2, 0.25) is 4.34 Å². The number of thiophene rings is 1. The Labute approximate surface area is 175 Å². The summed E-state index contributed by atoms with van der Waals surface area (Å²) in [5.41, 5.74) is 3.26. The zero-order valence-electron chi connectivity index (χ0n) is 17.1. The molecule has 0 radical (unpaired) electrons. The van der Waals surface area contributed by atoms with Crippen LogP contribution in [0.1, 0.15) is 56.2 Å². The Kier molecular flexibility index (Phi) is 6.37. The lowest BCUT2D eigenvalue weighted by Gasteiger charge is -2.27. The molecule has 2 heterocycles. The first-order valence-corrected chi connectivity index (χ1v) is 10.8. The molecule has 1 aliphatic rings. The maximum absolute atomic E-state index is 12.8. The lowest BCUT2D eigenvalue weighted by molar-refractivity contribution is -0.166. The average molecular weight is 423 g/mol. The number of hydrogen-bond donors (Lipinski definition) is 0. The zero-order chi connectivity index (χ0) is 20.5. The van der Waals surface area contributed by atoms with Crippen molar-refractivity contribution in [2.75, 3.05) is 13.2 Å². The normalized spacial score (nSPS) is 14.9. The zero-order valence-corrected chi connectivity index (χ0v) is 18.6. The molecule has 0 bridgehead atoms. The van der Waals surface area contributed by atoms with Crippen molar-refractivity contribution >= 4 is 28.9 Å². The molecule has 0 saturated heterocycles. The number of fused-ring (bicyclic) bond motifs is 1. The van der Waals surface area contributed by atoms with Gasteiger partial charge in [-0.15, -0.1) is 11.3 Å². The van der Waals surface area contributed by atoms with Crippen molar-refractivity contribution < 1.29 is 19.0 Å². The van der Waals surface area contributed by atoms with E-state index in [-0.39, 0.29) is 0 Å². The summed E-state index contributed by atoms with van der Waals surface area (Å²) >= 11 is 8.11. The van der Waals surface area contributed by atoms with Gasteiger partial charge in [0.1, 0.15) is 10.1 Å². The Morgan fingerprint density at radius 1 is 1.36 bits per heavy atom. The fraction of sp³-hybridized carbons (Fsp3) is 0.500. The van der Waals surface area contributed by atoms with Crippen LogP contribution >= 0.6 is 22.9 Å². The van der Waals surface area contributed by atoms with Crippen LogP contribution < -0.4 is 4.74 Å². The maximum Gasteiger partial charge on any atom is 0.340 e. The highest BCUT2D eigenvalue weighted by Crippen LogP contribution is 2.46. The van der Waals surface area contributed by atoms with Crippen molar-refractivity contribution in [2.45, 2.75) is 59.2 Å². The van der Waals surface area contributed by atoms with E-state index < -0.39 is 17.7 Å². The Hall–Kier alpha value is -1.56. The average Bonchev–Trinajstić information content (AvgIpc) is 2.92. The first-order valence-electron chi connectivity index (χ1n) is 9.60. The predicted octanol–water partition coefficient (Wildman–Crippen LogP) is 6.12. The SMILES string of the molecule is CCOC(=O)C(OC(C)(C)C)c1c(C)sc(Cl)c1-c1ccc2c(c1)CCCO2. The number of rotatable bonds is 5. The van der Waals surface area contributed by atoms with Crippen LogP contribution in [0, 0.1) is 6.92 Å². The van der Waals surface area contributed by atoms with Gasteiger partial charge >= 0.3 is 5.97 Å². The summed E-state index contributed by atoms with van der Waals surface area (Å²) in [6.45, 7) is 10.6. The molecular formula is C22H27ClO4S. The highest BCUT2D eigenvalue weighted by atomic mass is 35.5. The molecule has 0 amide bonds. The number of carbonyl (C=O) groups excluding carboxylic acids is 1. The largest absolute Gasteiger partial charge is 0.493 e. The lowest BCUT2D eigenvalue weighted by Crippen LogP contribution is -2.29. The standard InChI is InChI=1S/C22H27ClO4S/c1-6-25-21(24)19(27-22(3,4)5)17-13(2)28-20(23)18(17)15-9-10-16-14(12-15)8-7-11-26-16/h9-10,12,19H,6-8,11H2,1-5H3. The predicted molar refractivity (Wildman–Crippen MR) is 114 cm³/mol. The molecule has 1 aromatic carbocycles. The van der Waals surface area contributed by atoms with Gasteiger partial charge in [0.25, 0.3) is 0 Å². The third-order valence-corrected chi connectivity index (χ3v) is 5.85. The summed E-state index contributed by atoms with van der Waals surface area (Å²) in [6, 6.07) is 6.10. The van der Waals surface area contributed by atoms with E-state index in [1.54, 1.807) is 6.92 Å². The molecule has 1 atom stereocenters. The molecule has 0 aliphatic carbocycles. The molecule has 152 valence electrons. The van der Waals surface area contributed by atoms with Crippen molar-refractivity contribution in [3.8, 4) is 16.9 Å². The Morgan fingerprint density at radius 2 is 2.11 bits per heavy atom. The molecule has 0 saturated carbocycles. The highest BCUT2D eigenvalue weighted by Gasteiger charge is 2.34. The van der Waals surface area contributed by atoms with E-state index in [4.69, 9.17) is 25.8 Å². The first kappa shape index (κ1) is 21.2. The first-order chi connectivity index (χ1) is 13.2. The van der Waals surface area contributed by atoms with Crippen LogP contribution in [0.15, 0.2) is 18.2 Å². The number of carbonyl (C=O) groups is 1. The monoisotopic (exact) mass is 422 g/mol. The minimum atomic E-state index is -0.828. The highest BCUT2D eigenvalue weighted by molar-refractivity contribution is 7.17. The number of aryl methyl sites for hydroxylation is 2. The number of ether oxygens (including phenoxy) is 3. The van der Waals surface area contributed by atoms with Gasteiger partial charge in [-0.3, -0.25) is 0 Å². The van der Waals surface area contributed by atoms with Gasteiger partial charge in [0.2, 0.25) is 0 Å². The van der Waals surface area contributed by atoms with E-state index in [1.165, 1.54) is 16.9 Å². The summed E-state index contributed by atoms with van der Waals surface area (Å²) < 4.78 is 17.9. The molecule has 0 spiro atoms. The molecule has 0 N–H and O–H groups in total. The van der Waals surface area contributed by atoms with Crippen molar-refractivity contribution in [3.63, 3.8) is 0 Å². The molecule has 4 nitrogen and oxygen atoms in total. The van der Waals surface area contributed by atoms with Crippen molar-refractivity contribution in [1.82, 2.24) is 0 Å². The summed E-state index contributed by atoms with van der Waals surface area (Å²) in [7, 11) is 0. The minimum absolute atomic E-state index is 0.297. The van der Waals surface area contributed by atoms with E-state index >= 15 is 0 Å². The molecule has 6 heteroatoms. The van der Waals surface area contributed by atoms with Gasteiger partial charge in [-0.1, -0.05) is 17.7 Å². The van der Waals surface area contributed by atoms with Crippen molar-refractivity contribution in [3.05, 3.63) is 38.5 Å². The fourth-order valence-corrected chi connectivity index (χ4v) is 4.90. The van der Waals surface area contributed by atoms with Gasteiger partial charge in [0.05, 0.1) is 18.8 Å². The smallest absolute Gasteiger partial charge is 0.340 e. The fourth-order valence-electron chi connectivity index (χ4n) is 3.42. The van der Waals surface area contributed by atoms with E-state index in [2.05, 4.69) is 6.07 Å². The molecule has 1 unspecified atom stereocenters. The van der Waals surface area contributed by atoms with Crippen molar-refractivity contribution in [2.24, 2.45) is 0 Å². The second kappa shape index (κ2) is 8.44. The number of benzene rings is 1. The van der Waals surface area contributed by atoms with Crippen molar-refractivity contribution in [1.29, 1.82) is 0 Å². The molecule has 28 heavy (non-hydrogen) atoms. The quantitative estimate of drug-likeness (QED) is 0.544. The van der Waals surface area contributed by atoms with Crippen LogP contribution in [-0.2, 0) is 20.7 Å². The van der Waals surface area contributed by atoms with Gasteiger partial charge in [-0.25, -0.2) is 4.79 Å². The van der Waals surface area contributed by atoms with Crippen LogP contribution in [0.3, 0.4) is 0 Å².